The molecular weight excluding hydrogens is 646 g/mol. The lowest BCUT2D eigenvalue weighted by Crippen LogP contribution is -2.50. The number of amides is 1. The lowest BCUT2D eigenvalue weighted by atomic mass is 9.86. The van der Waals surface area contributed by atoms with E-state index in [1.165, 1.54) is 13.0 Å². The summed E-state index contributed by atoms with van der Waals surface area (Å²) < 4.78 is 23.3. The molecule has 0 aromatic carbocycles. The second kappa shape index (κ2) is 20.5. The minimum Gasteiger partial charge on any atom is -0.459 e. The summed E-state index contributed by atoms with van der Waals surface area (Å²) >= 11 is 1.57. The van der Waals surface area contributed by atoms with E-state index < -0.39 is 29.9 Å². The number of unbranched alkanes of at least 4 members (excludes halogenated alkanes) is 4. The summed E-state index contributed by atoms with van der Waals surface area (Å²) in [7, 11) is 0. The molecule has 3 heterocycles. The molecule has 3 fully saturated rings. The average molecular weight is 706 g/mol. The molecule has 10 nitrogen and oxygen atoms in total. The van der Waals surface area contributed by atoms with Crippen LogP contribution in [0.3, 0.4) is 0 Å². The standard InChI is InChI=1S/C38H59NO9S/c1-25(14-17-34-26(2)20-33(28(4)47-34)39-36(43)19-16-27(3)46-29(5)40)15-18-35-37(44)38(24-45-38)22-32(48-35)21-30(41)12-10-8-7-9-11-13-31(42)23-49-6/h14-16,18-19,26-28,32-35,37,44H,7-13,17,20-24H2,1-6H3,(H,39,43)/b18-15+,19-16-,25-14+/t26-,27-,28+,32+,33+,34-,35+,37+,38+/m0/s1. The minimum atomic E-state index is -0.792. The van der Waals surface area contributed by atoms with Gasteiger partial charge in [0.15, 0.2) is 0 Å². The van der Waals surface area contributed by atoms with Gasteiger partial charge in [-0.2, -0.15) is 11.8 Å². The fourth-order valence-corrected chi connectivity index (χ4v) is 7.12. The monoisotopic (exact) mass is 705 g/mol. The Morgan fingerprint density at radius 3 is 2.35 bits per heavy atom. The van der Waals surface area contributed by atoms with Crippen molar-refractivity contribution in [2.24, 2.45) is 5.92 Å². The number of ketones is 2. The number of rotatable bonds is 20. The van der Waals surface area contributed by atoms with Gasteiger partial charge in [0.2, 0.25) is 5.91 Å². The van der Waals surface area contributed by atoms with E-state index >= 15 is 0 Å². The summed E-state index contributed by atoms with van der Waals surface area (Å²) in [4.78, 5) is 47.9. The quantitative estimate of drug-likeness (QED) is 0.0541. The smallest absolute Gasteiger partial charge is 0.303 e. The van der Waals surface area contributed by atoms with Crippen LogP contribution in [0.15, 0.2) is 36.0 Å². The van der Waals surface area contributed by atoms with E-state index in [-0.39, 0.29) is 42.0 Å². The molecule has 3 rings (SSSR count). The highest BCUT2D eigenvalue weighted by molar-refractivity contribution is 7.99. The van der Waals surface area contributed by atoms with Crippen molar-refractivity contribution in [3.05, 3.63) is 36.0 Å². The molecule has 1 amide bonds. The summed E-state index contributed by atoms with van der Waals surface area (Å²) in [5, 5.41) is 14.0. The number of thioether (sulfide) groups is 1. The van der Waals surface area contributed by atoms with Gasteiger partial charge in [0.25, 0.3) is 0 Å². The molecule has 1 spiro atoms. The minimum absolute atomic E-state index is 0.00439. The Kier molecular flexibility index (Phi) is 17.2. The molecule has 49 heavy (non-hydrogen) atoms. The molecule has 0 aromatic rings. The lowest BCUT2D eigenvalue weighted by molar-refractivity contribution is -0.144. The SMILES string of the molecule is CSCC(=O)CCCCCCCC(=O)C[C@@H]1C[C@@]2(CO2)[C@H](O)[C@@H](/C=C/C(C)=C/C[C@@H]2O[C@H](C)[C@H](NC(=O)/C=C\[C@H](C)OC(C)=O)C[C@@H]2C)O1. The number of allylic oxidation sites excluding steroid dienone is 2. The Morgan fingerprint density at radius 1 is 1.02 bits per heavy atom. The molecule has 0 saturated carbocycles. The fraction of sp³-hybridized carbons (Fsp3) is 0.737. The van der Waals surface area contributed by atoms with Crippen LogP contribution in [0, 0.1) is 5.92 Å². The number of ether oxygens (including phenoxy) is 4. The second-order valence-electron chi connectivity index (χ2n) is 14.1. The zero-order valence-corrected chi connectivity index (χ0v) is 31.1. The van der Waals surface area contributed by atoms with Crippen molar-refractivity contribution >= 4 is 35.2 Å². The predicted molar refractivity (Wildman–Crippen MR) is 191 cm³/mol. The summed E-state index contributed by atoms with van der Waals surface area (Å²) in [5.41, 5.74) is 0.382. The normalized spacial score (nSPS) is 30.8. The van der Waals surface area contributed by atoms with Crippen LogP contribution in [0.2, 0.25) is 0 Å². The van der Waals surface area contributed by atoms with Gasteiger partial charge in [0.1, 0.15) is 35.5 Å². The lowest BCUT2D eigenvalue weighted by Gasteiger charge is -2.39. The molecule has 0 aliphatic carbocycles. The number of Topliss-reactive ketones (excluding diaryl/α,β-unsaturated/α-hetero) is 2. The first-order chi connectivity index (χ1) is 23.3. The van der Waals surface area contributed by atoms with E-state index in [4.69, 9.17) is 18.9 Å². The molecule has 276 valence electrons. The van der Waals surface area contributed by atoms with Gasteiger partial charge < -0.3 is 29.4 Å². The zero-order valence-electron chi connectivity index (χ0n) is 30.3. The van der Waals surface area contributed by atoms with Crippen molar-refractivity contribution in [3.63, 3.8) is 0 Å². The van der Waals surface area contributed by atoms with E-state index in [1.54, 1.807) is 24.8 Å². The van der Waals surface area contributed by atoms with Gasteiger partial charge in [0.05, 0.1) is 36.7 Å². The Morgan fingerprint density at radius 2 is 1.69 bits per heavy atom. The maximum atomic E-state index is 12.8. The molecule has 3 aliphatic rings. The van der Waals surface area contributed by atoms with E-state index in [9.17, 15) is 24.3 Å². The number of carbonyl (C=O) groups excluding carboxylic acids is 4. The summed E-state index contributed by atoms with van der Waals surface area (Å²) in [6.07, 6.45) is 16.8. The first-order valence-corrected chi connectivity index (χ1v) is 19.4. The summed E-state index contributed by atoms with van der Waals surface area (Å²) in [5.74, 6) is 0.653. The molecule has 0 bridgehead atoms. The molecule has 11 heteroatoms. The van der Waals surface area contributed by atoms with E-state index in [2.05, 4.69) is 18.3 Å². The molecule has 0 aromatic heterocycles. The first kappa shape index (κ1) is 41.1. The van der Waals surface area contributed by atoms with Crippen molar-refractivity contribution in [2.45, 2.75) is 154 Å². The van der Waals surface area contributed by atoms with Crippen LogP contribution in [-0.2, 0) is 38.1 Å². The van der Waals surface area contributed by atoms with Crippen molar-refractivity contribution < 1.29 is 43.2 Å². The maximum absolute atomic E-state index is 12.8. The first-order valence-electron chi connectivity index (χ1n) is 18.0. The van der Waals surface area contributed by atoms with E-state index in [1.807, 2.05) is 32.3 Å². The number of esters is 1. The highest BCUT2D eigenvalue weighted by Gasteiger charge is 2.58. The third-order valence-electron chi connectivity index (χ3n) is 9.60. The van der Waals surface area contributed by atoms with Crippen molar-refractivity contribution in [1.82, 2.24) is 5.32 Å². The van der Waals surface area contributed by atoms with Gasteiger partial charge in [-0.1, -0.05) is 50.0 Å². The van der Waals surface area contributed by atoms with Gasteiger partial charge in [-0.15, -0.1) is 0 Å². The molecule has 9 atom stereocenters. The predicted octanol–water partition coefficient (Wildman–Crippen LogP) is 5.59. The highest BCUT2D eigenvalue weighted by atomic mass is 32.2. The van der Waals surface area contributed by atoms with Gasteiger partial charge in [-0.25, -0.2) is 0 Å². The van der Waals surface area contributed by atoms with Gasteiger partial charge in [-0.05, 0) is 64.7 Å². The third kappa shape index (κ3) is 14.4. The van der Waals surface area contributed by atoms with Crippen molar-refractivity contribution in [1.29, 1.82) is 0 Å². The molecule has 0 radical (unpaired) electrons. The Hall–Kier alpha value is -2.31. The molecule has 0 unspecified atom stereocenters. The van der Waals surface area contributed by atoms with Gasteiger partial charge in [-0.3, -0.25) is 19.2 Å². The maximum Gasteiger partial charge on any atom is 0.303 e. The number of hydrogen-bond acceptors (Lipinski definition) is 10. The number of carbonyl (C=O) groups is 4. The van der Waals surface area contributed by atoms with Crippen molar-refractivity contribution in [2.75, 3.05) is 18.6 Å². The topological polar surface area (TPSA) is 141 Å². The number of hydrogen-bond donors (Lipinski definition) is 2. The van der Waals surface area contributed by atoms with E-state index in [0.717, 1.165) is 44.1 Å². The van der Waals surface area contributed by atoms with Crippen LogP contribution in [0.4, 0.5) is 0 Å². The number of aliphatic hydroxyl groups is 1. The highest BCUT2D eigenvalue weighted by Crippen LogP contribution is 2.43. The fourth-order valence-electron chi connectivity index (χ4n) is 6.65. The number of epoxide rings is 1. The average Bonchev–Trinajstić information content (AvgIpc) is 3.81. The van der Waals surface area contributed by atoms with Crippen LogP contribution in [0.1, 0.15) is 105 Å². The van der Waals surface area contributed by atoms with Gasteiger partial charge in [0, 0.05) is 38.7 Å². The Balaban J connectivity index is 1.41. The Labute approximate surface area is 297 Å². The number of aliphatic hydroxyl groups excluding tert-OH is 1. The van der Waals surface area contributed by atoms with Crippen molar-refractivity contribution in [3.8, 4) is 0 Å². The second-order valence-corrected chi connectivity index (χ2v) is 15.0. The summed E-state index contributed by atoms with van der Waals surface area (Å²) in [6.45, 7) is 9.59. The van der Waals surface area contributed by atoms with Crippen LogP contribution < -0.4 is 5.32 Å². The molecule has 2 N–H and O–H groups in total. The Bertz CT molecular complexity index is 1200. The van der Waals surface area contributed by atoms with Crippen LogP contribution in [0.25, 0.3) is 0 Å². The number of nitrogens with one attached hydrogen (secondary N) is 1. The third-order valence-corrected chi connectivity index (χ3v) is 10.2. The van der Waals surface area contributed by atoms with Crippen LogP contribution in [0.5, 0.6) is 0 Å². The molecular formula is C38H59NO9S. The summed E-state index contributed by atoms with van der Waals surface area (Å²) in [6, 6.07) is -0.128. The zero-order chi connectivity index (χ0) is 36.0. The molecule has 3 aliphatic heterocycles. The largest absolute Gasteiger partial charge is 0.459 e. The van der Waals surface area contributed by atoms with Crippen LogP contribution >= 0.6 is 11.8 Å². The molecule has 3 saturated heterocycles. The van der Waals surface area contributed by atoms with Gasteiger partial charge >= 0.3 is 5.97 Å². The van der Waals surface area contributed by atoms with E-state index in [0.29, 0.717) is 50.2 Å². The van der Waals surface area contributed by atoms with Crippen LogP contribution in [-0.4, -0.2) is 95.4 Å².